The van der Waals surface area contributed by atoms with Crippen LogP contribution in [-0.2, 0) is 21.4 Å². The Balaban J connectivity index is 1.66. The Labute approximate surface area is 176 Å². The van der Waals surface area contributed by atoms with Gasteiger partial charge in [0.2, 0.25) is 5.91 Å². The summed E-state index contributed by atoms with van der Waals surface area (Å²) in [6.07, 6.45) is 3.06. The SMILES string of the molecule is COc1c(C)cnc(CNC(=O)C2CCCN(S(=O)(=O)c3ccc(C)s3)C2)c1C. The van der Waals surface area contributed by atoms with Gasteiger partial charge in [-0.3, -0.25) is 9.78 Å². The monoisotopic (exact) mass is 437 g/mol. The van der Waals surface area contributed by atoms with E-state index in [1.807, 2.05) is 20.8 Å². The number of rotatable bonds is 6. The number of pyridine rings is 1. The van der Waals surface area contributed by atoms with Crippen LogP contribution in [0.4, 0.5) is 0 Å². The second kappa shape index (κ2) is 8.81. The highest BCUT2D eigenvalue weighted by molar-refractivity contribution is 7.91. The van der Waals surface area contributed by atoms with Gasteiger partial charge in [0.05, 0.1) is 25.3 Å². The first-order valence-electron chi connectivity index (χ1n) is 9.57. The predicted octanol–water partition coefficient (Wildman–Crippen LogP) is 2.79. The van der Waals surface area contributed by atoms with Crippen LogP contribution in [0, 0.1) is 26.7 Å². The number of amides is 1. The molecule has 1 aliphatic heterocycles. The summed E-state index contributed by atoms with van der Waals surface area (Å²) in [5.74, 6) is 0.255. The van der Waals surface area contributed by atoms with Gasteiger partial charge in [0.1, 0.15) is 9.96 Å². The summed E-state index contributed by atoms with van der Waals surface area (Å²) < 4.78 is 32.9. The topological polar surface area (TPSA) is 88.6 Å². The van der Waals surface area contributed by atoms with Crippen LogP contribution in [0.2, 0.25) is 0 Å². The largest absolute Gasteiger partial charge is 0.496 e. The molecule has 1 amide bonds. The fourth-order valence-electron chi connectivity index (χ4n) is 3.62. The summed E-state index contributed by atoms with van der Waals surface area (Å²) in [6, 6.07) is 3.44. The Morgan fingerprint density at radius 1 is 1.34 bits per heavy atom. The molecule has 29 heavy (non-hydrogen) atoms. The number of nitrogens with zero attached hydrogens (tertiary/aromatic N) is 2. The molecule has 1 atom stereocenters. The normalized spacial score (nSPS) is 17.9. The molecule has 1 N–H and O–H groups in total. The highest BCUT2D eigenvalue weighted by Gasteiger charge is 2.34. The maximum absolute atomic E-state index is 12.9. The number of aromatic nitrogens is 1. The molecule has 1 fully saturated rings. The third kappa shape index (κ3) is 4.62. The molecule has 2 aromatic heterocycles. The first kappa shape index (κ1) is 21.7. The lowest BCUT2D eigenvalue weighted by Crippen LogP contribution is -2.45. The Morgan fingerprint density at radius 2 is 2.10 bits per heavy atom. The molecule has 1 aliphatic rings. The van der Waals surface area contributed by atoms with Gasteiger partial charge >= 0.3 is 0 Å². The van der Waals surface area contributed by atoms with Crippen LogP contribution in [0.1, 0.15) is 34.5 Å². The second-order valence-corrected chi connectivity index (χ2v) is 10.8. The number of hydrogen-bond acceptors (Lipinski definition) is 6. The minimum atomic E-state index is -3.55. The summed E-state index contributed by atoms with van der Waals surface area (Å²) in [5, 5.41) is 2.92. The van der Waals surface area contributed by atoms with Gasteiger partial charge in [0, 0.05) is 35.3 Å². The number of carbonyl (C=O) groups excluding carboxylic acids is 1. The van der Waals surface area contributed by atoms with Gasteiger partial charge in [-0.25, -0.2) is 8.42 Å². The number of methoxy groups -OCH3 is 1. The average Bonchev–Trinajstić information content (AvgIpc) is 3.15. The fourth-order valence-corrected chi connectivity index (χ4v) is 6.58. The third-order valence-electron chi connectivity index (χ3n) is 5.24. The highest BCUT2D eigenvalue weighted by atomic mass is 32.2. The summed E-state index contributed by atoms with van der Waals surface area (Å²) in [7, 11) is -1.94. The van der Waals surface area contributed by atoms with Gasteiger partial charge in [-0.1, -0.05) is 0 Å². The minimum Gasteiger partial charge on any atom is -0.496 e. The van der Waals surface area contributed by atoms with Crippen molar-refractivity contribution in [3.63, 3.8) is 0 Å². The van der Waals surface area contributed by atoms with Gasteiger partial charge in [-0.15, -0.1) is 11.3 Å². The third-order valence-corrected chi connectivity index (χ3v) is 8.58. The second-order valence-electron chi connectivity index (χ2n) is 7.33. The quantitative estimate of drug-likeness (QED) is 0.751. The first-order chi connectivity index (χ1) is 13.7. The van der Waals surface area contributed by atoms with Crippen molar-refractivity contribution in [2.24, 2.45) is 5.92 Å². The maximum atomic E-state index is 12.9. The van der Waals surface area contributed by atoms with Crippen LogP contribution in [0.15, 0.2) is 22.5 Å². The molecule has 0 radical (unpaired) electrons. The Kier molecular flexibility index (Phi) is 6.60. The van der Waals surface area contributed by atoms with Crippen molar-refractivity contribution in [1.82, 2.24) is 14.6 Å². The van der Waals surface area contributed by atoms with E-state index >= 15 is 0 Å². The van der Waals surface area contributed by atoms with Gasteiger partial charge in [0.15, 0.2) is 0 Å². The molecule has 1 saturated heterocycles. The number of carbonyl (C=O) groups is 1. The Bertz CT molecular complexity index is 1000. The average molecular weight is 438 g/mol. The number of aryl methyl sites for hydroxylation is 2. The standard InChI is InChI=1S/C20H27N3O4S2/c1-13-10-21-17(15(3)19(13)27-4)11-22-20(24)16-6-5-9-23(12-16)29(25,26)18-8-7-14(2)28-18/h7-8,10,16H,5-6,9,11-12H2,1-4H3,(H,22,24). The number of ether oxygens (including phenoxy) is 1. The van der Waals surface area contributed by atoms with Crippen LogP contribution in [0.3, 0.4) is 0 Å². The molecule has 1 unspecified atom stereocenters. The molecule has 3 rings (SSSR count). The van der Waals surface area contributed by atoms with Gasteiger partial charge < -0.3 is 10.1 Å². The smallest absolute Gasteiger partial charge is 0.252 e. The number of nitrogens with one attached hydrogen (secondary N) is 1. The zero-order valence-electron chi connectivity index (χ0n) is 17.2. The summed E-state index contributed by atoms with van der Waals surface area (Å²) in [4.78, 5) is 18.1. The number of thiophene rings is 1. The first-order valence-corrected chi connectivity index (χ1v) is 11.8. The zero-order valence-corrected chi connectivity index (χ0v) is 18.8. The van der Waals surface area contributed by atoms with Crippen molar-refractivity contribution >= 4 is 27.3 Å². The van der Waals surface area contributed by atoms with Crippen LogP contribution in [0.5, 0.6) is 5.75 Å². The van der Waals surface area contributed by atoms with Crippen LogP contribution < -0.4 is 10.1 Å². The fraction of sp³-hybridized carbons (Fsp3) is 0.500. The molecule has 0 saturated carbocycles. The van der Waals surface area contributed by atoms with Crippen molar-refractivity contribution in [2.75, 3.05) is 20.2 Å². The van der Waals surface area contributed by atoms with E-state index in [-0.39, 0.29) is 24.9 Å². The van der Waals surface area contributed by atoms with Crippen molar-refractivity contribution < 1.29 is 17.9 Å². The van der Waals surface area contributed by atoms with E-state index in [9.17, 15) is 13.2 Å². The van der Waals surface area contributed by atoms with E-state index in [4.69, 9.17) is 4.74 Å². The van der Waals surface area contributed by atoms with E-state index in [1.165, 1.54) is 15.6 Å². The lowest BCUT2D eigenvalue weighted by molar-refractivity contribution is -0.126. The van der Waals surface area contributed by atoms with Crippen molar-refractivity contribution in [3.8, 4) is 5.75 Å². The molecule has 3 heterocycles. The lowest BCUT2D eigenvalue weighted by Gasteiger charge is -2.30. The Morgan fingerprint density at radius 3 is 2.76 bits per heavy atom. The molecule has 7 nitrogen and oxygen atoms in total. The number of hydrogen-bond donors (Lipinski definition) is 1. The van der Waals surface area contributed by atoms with Crippen molar-refractivity contribution in [1.29, 1.82) is 0 Å². The molecular weight excluding hydrogens is 410 g/mol. The molecule has 0 spiro atoms. The summed E-state index contributed by atoms with van der Waals surface area (Å²) in [6.45, 7) is 6.65. The van der Waals surface area contributed by atoms with Crippen LogP contribution >= 0.6 is 11.3 Å². The van der Waals surface area contributed by atoms with Gasteiger partial charge in [-0.05, 0) is 45.7 Å². The van der Waals surface area contributed by atoms with Crippen molar-refractivity contribution in [3.05, 3.63) is 40.0 Å². The van der Waals surface area contributed by atoms with Gasteiger partial charge in [-0.2, -0.15) is 4.31 Å². The van der Waals surface area contributed by atoms with E-state index in [0.717, 1.165) is 27.4 Å². The molecule has 158 valence electrons. The van der Waals surface area contributed by atoms with Crippen molar-refractivity contribution in [2.45, 2.75) is 44.4 Å². The molecule has 0 aliphatic carbocycles. The Hall–Kier alpha value is -1.97. The van der Waals surface area contributed by atoms with Crippen LogP contribution in [-0.4, -0.2) is 43.8 Å². The van der Waals surface area contributed by atoms with Gasteiger partial charge in [0.25, 0.3) is 10.0 Å². The van der Waals surface area contributed by atoms with E-state index < -0.39 is 10.0 Å². The molecule has 9 heteroatoms. The molecule has 0 aromatic carbocycles. The van der Waals surface area contributed by atoms with E-state index in [2.05, 4.69) is 10.3 Å². The predicted molar refractivity (Wildman–Crippen MR) is 113 cm³/mol. The van der Waals surface area contributed by atoms with E-state index in [1.54, 1.807) is 25.4 Å². The van der Waals surface area contributed by atoms with Crippen LogP contribution in [0.25, 0.3) is 0 Å². The highest BCUT2D eigenvalue weighted by Crippen LogP contribution is 2.28. The molecule has 0 bridgehead atoms. The summed E-state index contributed by atoms with van der Waals surface area (Å²) >= 11 is 1.26. The summed E-state index contributed by atoms with van der Waals surface area (Å²) in [5.41, 5.74) is 2.58. The number of sulfonamides is 1. The zero-order chi connectivity index (χ0) is 21.2. The van der Waals surface area contributed by atoms with E-state index in [0.29, 0.717) is 23.6 Å². The minimum absolute atomic E-state index is 0.145. The molecular formula is C20H27N3O4S2. The number of piperidine rings is 1. The maximum Gasteiger partial charge on any atom is 0.252 e. The molecule has 2 aromatic rings. The lowest BCUT2D eigenvalue weighted by atomic mass is 9.98.